The predicted molar refractivity (Wildman–Crippen MR) is 75.5 cm³/mol. The van der Waals surface area contributed by atoms with E-state index in [1.165, 1.54) is 6.20 Å². The number of nitrogen functional groups attached to an aromatic ring is 1. The van der Waals surface area contributed by atoms with Gasteiger partial charge in [-0.25, -0.2) is 9.97 Å². The molecule has 0 saturated heterocycles. The Balaban J connectivity index is 2.16. The van der Waals surface area contributed by atoms with Gasteiger partial charge in [0.1, 0.15) is 16.1 Å². The first-order valence-corrected chi connectivity index (χ1v) is 6.61. The maximum Gasteiger partial charge on any atom is 0.419 e. The summed E-state index contributed by atoms with van der Waals surface area (Å²) in [6.45, 7) is 0. The molecular weight excluding hydrogens is 349 g/mol. The van der Waals surface area contributed by atoms with Gasteiger partial charge in [-0.1, -0.05) is 0 Å². The summed E-state index contributed by atoms with van der Waals surface area (Å²) in [4.78, 5) is 7.76. The van der Waals surface area contributed by atoms with Gasteiger partial charge in [-0.3, -0.25) is 4.40 Å². The smallest absolute Gasteiger partial charge is 0.383 e. The molecule has 8 heteroatoms. The van der Waals surface area contributed by atoms with Crippen molar-refractivity contribution in [2.24, 2.45) is 0 Å². The molecule has 0 saturated carbocycles. The van der Waals surface area contributed by atoms with Gasteiger partial charge in [0.15, 0.2) is 0 Å². The van der Waals surface area contributed by atoms with Crippen molar-refractivity contribution in [2.45, 2.75) is 6.18 Å². The second-order valence-corrected chi connectivity index (χ2v) is 5.19. The van der Waals surface area contributed by atoms with Gasteiger partial charge in [0.2, 0.25) is 0 Å². The molecule has 0 fully saturated rings. The number of hydrogen-bond donors (Lipinski definition) is 1. The summed E-state index contributed by atoms with van der Waals surface area (Å²) in [6.07, 6.45) is 0.0740. The average Bonchev–Trinajstić information content (AvgIpc) is 2.79. The van der Waals surface area contributed by atoms with Crippen molar-refractivity contribution in [2.75, 3.05) is 5.73 Å². The first kappa shape index (κ1) is 13.9. The molecule has 0 aromatic carbocycles. The normalized spacial score (nSPS) is 12.0. The lowest BCUT2D eigenvalue weighted by molar-refractivity contribution is -0.137. The van der Waals surface area contributed by atoms with Crippen molar-refractivity contribution in [1.82, 2.24) is 14.4 Å². The zero-order valence-corrected chi connectivity index (χ0v) is 12.0. The van der Waals surface area contributed by atoms with Gasteiger partial charge in [0.25, 0.3) is 0 Å². The Labute approximate surface area is 125 Å². The van der Waals surface area contributed by atoms with E-state index >= 15 is 0 Å². The number of alkyl halides is 3. The molecule has 0 bridgehead atoms. The van der Waals surface area contributed by atoms with E-state index in [-0.39, 0.29) is 0 Å². The summed E-state index contributed by atoms with van der Waals surface area (Å²) >= 11 is 3.32. The number of anilines is 1. The highest BCUT2D eigenvalue weighted by atomic mass is 79.9. The van der Waals surface area contributed by atoms with Gasteiger partial charge in [0.05, 0.1) is 11.8 Å². The van der Waals surface area contributed by atoms with Crippen LogP contribution in [0.1, 0.15) is 5.56 Å². The van der Waals surface area contributed by atoms with Crippen LogP contribution >= 0.6 is 15.9 Å². The van der Waals surface area contributed by atoms with Crippen LogP contribution in [0.25, 0.3) is 16.8 Å². The largest absolute Gasteiger partial charge is 0.419 e. The molecule has 108 valence electrons. The van der Waals surface area contributed by atoms with E-state index in [0.717, 1.165) is 6.07 Å². The Morgan fingerprint density at radius 1 is 1.10 bits per heavy atom. The molecule has 0 spiro atoms. The molecule has 0 atom stereocenters. The second-order valence-electron chi connectivity index (χ2n) is 4.38. The molecule has 0 unspecified atom stereocenters. The lowest BCUT2D eigenvalue weighted by Gasteiger charge is -2.11. The highest BCUT2D eigenvalue weighted by Gasteiger charge is 2.34. The number of nitrogens with zero attached hydrogens (tertiary/aromatic N) is 3. The third-order valence-corrected chi connectivity index (χ3v) is 3.60. The van der Waals surface area contributed by atoms with Gasteiger partial charge in [-0.05, 0) is 34.1 Å². The van der Waals surface area contributed by atoms with E-state index in [4.69, 9.17) is 5.73 Å². The van der Waals surface area contributed by atoms with Gasteiger partial charge < -0.3 is 5.73 Å². The monoisotopic (exact) mass is 356 g/mol. The van der Waals surface area contributed by atoms with Crippen molar-refractivity contribution < 1.29 is 13.2 Å². The zero-order chi connectivity index (χ0) is 15.2. The quantitative estimate of drug-likeness (QED) is 0.722. The fourth-order valence-corrected chi connectivity index (χ4v) is 2.37. The molecule has 3 aromatic rings. The van der Waals surface area contributed by atoms with E-state index in [2.05, 4.69) is 25.9 Å². The van der Waals surface area contributed by atoms with Crippen molar-refractivity contribution in [3.8, 4) is 11.1 Å². The van der Waals surface area contributed by atoms with Crippen molar-refractivity contribution in [1.29, 1.82) is 0 Å². The lowest BCUT2D eigenvalue weighted by atomic mass is 10.1. The molecule has 21 heavy (non-hydrogen) atoms. The summed E-state index contributed by atoms with van der Waals surface area (Å²) < 4.78 is 41.0. The number of imidazole rings is 1. The molecule has 0 radical (unpaired) electrons. The highest BCUT2D eigenvalue weighted by Crippen LogP contribution is 2.35. The van der Waals surface area contributed by atoms with Crippen LogP contribution in [-0.2, 0) is 6.18 Å². The number of aromatic nitrogens is 3. The molecule has 2 N–H and O–H groups in total. The molecule has 0 aliphatic rings. The van der Waals surface area contributed by atoms with Crippen LogP contribution in [0.3, 0.4) is 0 Å². The predicted octanol–water partition coefficient (Wildman–Crippen LogP) is 3.76. The Morgan fingerprint density at radius 2 is 1.86 bits per heavy atom. The first-order valence-electron chi connectivity index (χ1n) is 5.82. The van der Waals surface area contributed by atoms with Gasteiger partial charge in [-0.15, -0.1) is 0 Å². The van der Waals surface area contributed by atoms with Crippen molar-refractivity contribution in [3.63, 3.8) is 0 Å². The number of hydrogen-bond acceptors (Lipinski definition) is 3. The molecule has 3 aromatic heterocycles. The lowest BCUT2D eigenvalue weighted by Crippen LogP contribution is -2.10. The second kappa shape index (κ2) is 4.73. The standard InChI is InChI=1S/C13H8BrF3N4/c14-10-5-19-11-2-1-7(6-21(10)11)8-3-9(13(15,16)17)12(18)20-4-8/h1-6H,(H2,18,20). The minimum Gasteiger partial charge on any atom is -0.383 e. The molecule has 0 aliphatic heterocycles. The average molecular weight is 357 g/mol. The minimum absolute atomic E-state index is 0.332. The highest BCUT2D eigenvalue weighted by molar-refractivity contribution is 9.10. The topological polar surface area (TPSA) is 56.2 Å². The third-order valence-electron chi connectivity index (χ3n) is 3.02. The summed E-state index contributed by atoms with van der Waals surface area (Å²) in [6, 6.07) is 4.39. The Morgan fingerprint density at radius 3 is 2.57 bits per heavy atom. The van der Waals surface area contributed by atoms with E-state index in [0.29, 0.717) is 21.4 Å². The Kier molecular flexibility index (Phi) is 3.12. The fraction of sp³-hybridized carbons (Fsp3) is 0.0769. The first-order chi connectivity index (χ1) is 9.86. The van der Waals surface area contributed by atoms with Crippen LogP contribution in [0.5, 0.6) is 0 Å². The van der Waals surface area contributed by atoms with Gasteiger partial charge in [0, 0.05) is 23.5 Å². The third kappa shape index (κ3) is 2.46. The van der Waals surface area contributed by atoms with E-state index in [9.17, 15) is 13.2 Å². The molecule has 0 amide bonds. The SMILES string of the molecule is Nc1ncc(-c2ccc3ncc(Br)n3c2)cc1C(F)(F)F. The van der Waals surface area contributed by atoms with Gasteiger partial charge >= 0.3 is 6.18 Å². The number of fused-ring (bicyclic) bond motifs is 1. The summed E-state index contributed by atoms with van der Waals surface area (Å²) in [7, 11) is 0. The number of pyridine rings is 2. The van der Waals surface area contributed by atoms with Crippen molar-refractivity contribution >= 4 is 27.4 Å². The van der Waals surface area contributed by atoms with E-state index < -0.39 is 17.6 Å². The molecule has 0 aliphatic carbocycles. The van der Waals surface area contributed by atoms with Crippen LogP contribution in [0.4, 0.5) is 19.0 Å². The number of rotatable bonds is 1. The molecule has 3 rings (SSSR count). The van der Waals surface area contributed by atoms with Crippen molar-refractivity contribution in [3.05, 3.63) is 47.0 Å². The van der Waals surface area contributed by atoms with Gasteiger partial charge in [-0.2, -0.15) is 13.2 Å². The molecule has 3 heterocycles. The maximum absolute atomic E-state index is 12.9. The number of halogens is 4. The van der Waals surface area contributed by atoms with Crippen LogP contribution in [-0.4, -0.2) is 14.4 Å². The Bertz CT molecular complexity index is 826. The van der Waals surface area contributed by atoms with E-state index in [1.54, 1.807) is 28.9 Å². The zero-order valence-electron chi connectivity index (χ0n) is 10.4. The van der Waals surface area contributed by atoms with E-state index in [1.807, 2.05) is 0 Å². The summed E-state index contributed by atoms with van der Waals surface area (Å²) in [5.74, 6) is -0.531. The minimum atomic E-state index is -4.53. The van der Waals surface area contributed by atoms with Crippen LogP contribution < -0.4 is 5.73 Å². The number of nitrogens with two attached hydrogens (primary N) is 1. The Hall–Kier alpha value is -2.09. The maximum atomic E-state index is 12.9. The fourth-order valence-electron chi connectivity index (χ4n) is 1.98. The molecular formula is C13H8BrF3N4. The van der Waals surface area contributed by atoms with Crippen LogP contribution in [0.15, 0.2) is 41.4 Å². The summed E-state index contributed by atoms with van der Waals surface area (Å²) in [5, 5.41) is 0. The summed E-state index contributed by atoms with van der Waals surface area (Å²) in [5.41, 5.74) is 5.96. The van der Waals surface area contributed by atoms with Crippen LogP contribution in [0, 0.1) is 0 Å². The molecule has 4 nitrogen and oxygen atoms in total. The van der Waals surface area contributed by atoms with Crippen LogP contribution in [0.2, 0.25) is 0 Å².